The number of rotatable bonds is 1. The van der Waals surface area contributed by atoms with Crippen LogP contribution in [-0.2, 0) is 4.79 Å². The molecule has 1 atom stereocenters. The van der Waals surface area contributed by atoms with Crippen LogP contribution < -0.4 is 9.26 Å². The van der Waals surface area contributed by atoms with Crippen molar-refractivity contribution in [2.75, 3.05) is 0 Å². The second-order valence-corrected chi connectivity index (χ2v) is 1.79. The molecule has 3 N–H and O–H groups in total. The van der Waals surface area contributed by atoms with Crippen LogP contribution in [0.25, 0.3) is 0 Å². The first-order chi connectivity index (χ1) is 3.18. The van der Waals surface area contributed by atoms with Crippen molar-refractivity contribution >= 4 is 28.8 Å². The fraction of sp³-hybridized carbons (Fsp3) is 0.667. The van der Waals surface area contributed by atoms with Gasteiger partial charge in [0, 0.05) is 0 Å². The van der Waals surface area contributed by atoms with Gasteiger partial charge in [-0.25, -0.2) is 0 Å². The molecule has 0 unspecified atom stereocenters. The Hall–Kier alpha value is 0.160. The van der Waals surface area contributed by atoms with Crippen LogP contribution in [0.5, 0.6) is 0 Å². The van der Waals surface area contributed by atoms with Gasteiger partial charge in [-0.3, -0.25) is 8.32 Å². The highest BCUT2D eigenvalue weighted by Crippen LogP contribution is 1.76. The molecule has 0 aromatic rings. The molecular formula is C3H7IN2O. The number of hydrogen-bond acceptors (Lipinski definition) is 2. The third-order valence-electron chi connectivity index (χ3n) is 0.507. The average Bonchev–Trinajstić information content (AvgIpc) is 1.65. The van der Waals surface area contributed by atoms with Crippen molar-refractivity contribution in [3.63, 3.8) is 0 Å². The summed E-state index contributed by atoms with van der Waals surface area (Å²) in [6.45, 7) is 1.63. The molecule has 3 nitrogen and oxygen atoms in total. The minimum Gasteiger partial charge on any atom is -0.320 e. The number of hydrogen-bond donors (Lipinski definition) is 2. The lowest BCUT2D eigenvalue weighted by molar-refractivity contribution is -0.119. The monoisotopic (exact) mass is 214 g/mol. The van der Waals surface area contributed by atoms with Crippen LogP contribution in [0.4, 0.5) is 0 Å². The zero-order valence-electron chi connectivity index (χ0n) is 3.94. The smallest absolute Gasteiger partial charge is 0.245 e. The molecule has 42 valence electrons. The number of carbonyl (C=O) groups excluding carboxylic acids is 1. The maximum Gasteiger partial charge on any atom is 0.245 e. The third kappa shape index (κ3) is 2.81. The number of amides is 1. The fourth-order valence-electron chi connectivity index (χ4n) is 0.0861. The lowest BCUT2D eigenvalue weighted by Gasteiger charge is -1.97. The predicted molar refractivity (Wildman–Crippen MR) is 35.8 cm³/mol. The summed E-state index contributed by atoms with van der Waals surface area (Å²) in [6.07, 6.45) is 0. The molecule has 0 bridgehead atoms. The van der Waals surface area contributed by atoms with Crippen molar-refractivity contribution in [3.05, 3.63) is 0 Å². The Kier molecular flexibility index (Phi) is 3.27. The van der Waals surface area contributed by atoms with Crippen LogP contribution in [0.1, 0.15) is 6.92 Å². The quantitative estimate of drug-likeness (QED) is 0.469. The van der Waals surface area contributed by atoms with Crippen molar-refractivity contribution in [3.8, 4) is 0 Å². The summed E-state index contributed by atoms with van der Waals surface area (Å²) in [7, 11) is 0. The predicted octanol–water partition coefficient (Wildman–Crippen LogP) is -0.200. The molecule has 0 aliphatic carbocycles. The van der Waals surface area contributed by atoms with Crippen LogP contribution in [0, 0.1) is 0 Å². The van der Waals surface area contributed by atoms with Crippen LogP contribution in [-0.4, -0.2) is 11.9 Å². The van der Waals surface area contributed by atoms with Gasteiger partial charge in [0.15, 0.2) is 0 Å². The van der Waals surface area contributed by atoms with E-state index in [1.165, 1.54) is 0 Å². The highest BCUT2D eigenvalue weighted by Gasteiger charge is 2.01. The number of nitrogens with two attached hydrogens (primary N) is 1. The van der Waals surface area contributed by atoms with Gasteiger partial charge in [0.25, 0.3) is 0 Å². The second kappa shape index (κ2) is 3.20. The second-order valence-electron chi connectivity index (χ2n) is 1.25. The summed E-state index contributed by atoms with van der Waals surface area (Å²) in [5.74, 6) is -0.138. The first kappa shape index (κ1) is 7.16. The highest BCUT2D eigenvalue weighted by molar-refractivity contribution is 14.1. The molecule has 0 radical (unpaired) electrons. The molecule has 0 aromatic heterocycles. The summed E-state index contributed by atoms with van der Waals surface area (Å²) in [5, 5.41) is 0. The first-order valence-electron chi connectivity index (χ1n) is 1.84. The average molecular weight is 214 g/mol. The summed E-state index contributed by atoms with van der Waals surface area (Å²) in [4.78, 5) is 10.3. The Labute approximate surface area is 56.1 Å². The molecule has 0 spiro atoms. The Morgan fingerprint density at radius 1 is 2.00 bits per heavy atom. The standard InChI is InChI=1S/C3H7IN2O/c1-2(5)3(7)6-4/h2H,5H2,1H3,(H,6,7)/t2-/m0/s1. The van der Waals surface area contributed by atoms with E-state index in [2.05, 4.69) is 3.53 Å². The van der Waals surface area contributed by atoms with Gasteiger partial charge in [-0.05, 0) is 6.92 Å². The Morgan fingerprint density at radius 3 is 2.43 bits per heavy atom. The molecule has 0 aliphatic heterocycles. The van der Waals surface area contributed by atoms with E-state index in [0.717, 1.165) is 0 Å². The number of halogens is 1. The zero-order chi connectivity index (χ0) is 5.86. The van der Waals surface area contributed by atoms with Crippen molar-refractivity contribution in [1.29, 1.82) is 0 Å². The van der Waals surface area contributed by atoms with Gasteiger partial charge in [0.2, 0.25) is 5.91 Å². The van der Waals surface area contributed by atoms with Crippen molar-refractivity contribution in [2.45, 2.75) is 13.0 Å². The van der Waals surface area contributed by atoms with Crippen molar-refractivity contribution in [1.82, 2.24) is 3.53 Å². The minimum atomic E-state index is -0.392. The number of carbonyl (C=O) groups is 1. The topological polar surface area (TPSA) is 55.1 Å². The van der Waals surface area contributed by atoms with Gasteiger partial charge in [-0.1, -0.05) is 0 Å². The lowest BCUT2D eigenvalue weighted by Crippen LogP contribution is -2.33. The Balaban J connectivity index is 3.35. The summed E-state index contributed by atoms with van der Waals surface area (Å²) in [5.41, 5.74) is 5.13. The van der Waals surface area contributed by atoms with E-state index in [1.807, 2.05) is 0 Å². The molecule has 0 saturated heterocycles. The molecule has 0 saturated carbocycles. The lowest BCUT2D eigenvalue weighted by atomic mass is 10.4. The fourth-order valence-corrected chi connectivity index (χ4v) is 0.577. The number of nitrogens with one attached hydrogen (secondary N) is 1. The molecule has 0 fully saturated rings. The first-order valence-corrected chi connectivity index (χ1v) is 2.92. The summed E-state index contributed by atoms with van der Waals surface area (Å²) in [6, 6.07) is -0.392. The molecule has 4 heteroatoms. The van der Waals surface area contributed by atoms with E-state index in [-0.39, 0.29) is 5.91 Å². The third-order valence-corrected chi connectivity index (χ3v) is 1.04. The molecule has 0 rings (SSSR count). The van der Waals surface area contributed by atoms with E-state index >= 15 is 0 Å². The van der Waals surface area contributed by atoms with E-state index in [9.17, 15) is 4.79 Å². The van der Waals surface area contributed by atoms with E-state index in [1.54, 1.807) is 29.8 Å². The SMILES string of the molecule is C[C@H](N)C(=O)NI. The van der Waals surface area contributed by atoms with Gasteiger partial charge in [0.05, 0.1) is 28.9 Å². The Morgan fingerprint density at radius 2 is 2.43 bits per heavy atom. The summed E-state index contributed by atoms with van der Waals surface area (Å²) < 4.78 is 2.37. The maximum atomic E-state index is 10.3. The van der Waals surface area contributed by atoms with Gasteiger partial charge < -0.3 is 5.73 Å². The normalized spacial score (nSPS) is 13.0. The van der Waals surface area contributed by atoms with Crippen LogP contribution in [0.3, 0.4) is 0 Å². The summed E-state index contributed by atoms with van der Waals surface area (Å²) >= 11 is 1.75. The highest BCUT2D eigenvalue weighted by atomic mass is 127. The van der Waals surface area contributed by atoms with Gasteiger partial charge in [0.1, 0.15) is 0 Å². The van der Waals surface area contributed by atoms with E-state index < -0.39 is 6.04 Å². The minimum absolute atomic E-state index is 0.138. The van der Waals surface area contributed by atoms with Crippen molar-refractivity contribution in [2.24, 2.45) is 5.73 Å². The molecule has 1 amide bonds. The van der Waals surface area contributed by atoms with E-state index in [4.69, 9.17) is 5.73 Å². The maximum absolute atomic E-state index is 10.3. The molecule has 7 heavy (non-hydrogen) atoms. The molecule has 0 aliphatic rings. The largest absolute Gasteiger partial charge is 0.320 e. The van der Waals surface area contributed by atoms with Crippen molar-refractivity contribution < 1.29 is 4.79 Å². The van der Waals surface area contributed by atoms with Gasteiger partial charge >= 0.3 is 0 Å². The van der Waals surface area contributed by atoms with Gasteiger partial charge in [-0.15, -0.1) is 0 Å². The Bertz CT molecular complexity index is 73.3. The molecule has 0 aromatic carbocycles. The van der Waals surface area contributed by atoms with Crippen LogP contribution in [0.15, 0.2) is 0 Å². The van der Waals surface area contributed by atoms with Gasteiger partial charge in [-0.2, -0.15) is 0 Å². The molecule has 0 heterocycles. The van der Waals surface area contributed by atoms with Crippen LogP contribution >= 0.6 is 22.9 Å². The molecular weight excluding hydrogens is 207 g/mol. The van der Waals surface area contributed by atoms with E-state index in [0.29, 0.717) is 0 Å². The zero-order valence-corrected chi connectivity index (χ0v) is 6.10. The van der Waals surface area contributed by atoms with Crippen LogP contribution in [0.2, 0.25) is 0 Å².